The highest BCUT2D eigenvalue weighted by Gasteiger charge is 2.11. The molecule has 0 spiro atoms. The molecule has 3 aromatic rings. The number of nitrogens with zero attached hydrogens (tertiary/aromatic N) is 3. The molecule has 1 amide bonds. The molecule has 2 N–H and O–H groups in total. The number of hydrogen-bond acceptors (Lipinski definition) is 5. The number of aryl methyl sites for hydroxylation is 2. The topological polar surface area (TPSA) is 79.8 Å². The highest BCUT2D eigenvalue weighted by molar-refractivity contribution is 6.30. The molecule has 2 aromatic heterocycles. The molecular weight excluding hydrogens is 350 g/mol. The lowest BCUT2D eigenvalue weighted by atomic mass is 10.2. The van der Waals surface area contributed by atoms with Crippen molar-refractivity contribution in [3.63, 3.8) is 0 Å². The van der Waals surface area contributed by atoms with E-state index in [1.54, 1.807) is 24.5 Å². The molecule has 0 aliphatic carbocycles. The van der Waals surface area contributed by atoms with Gasteiger partial charge >= 0.3 is 0 Å². The number of amides is 1. The van der Waals surface area contributed by atoms with Crippen LogP contribution in [-0.2, 0) is 6.54 Å². The molecule has 0 fully saturated rings. The van der Waals surface area contributed by atoms with E-state index < -0.39 is 0 Å². The highest BCUT2D eigenvalue weighted by Crippen LogP contribution is 2.22. The molecule has 132 valence electrons. The predicted molar refractivity (Wildman–Crippen MR) is 102 cm³/mol. The monoisotopic (exact) mass is 367 g/mol. The third-order valence-corrected chi connectivity index (χ3v) is 3.96. The van der Waals surface area contributed by atoms with Crippen molar-refractivity contribution in [3.05, 3.63) is 76.3 Å². The summed E-state index contributed by atoms with van der Waals surface area (Å²) in [4.78, 5) is 25.1. The first kappa shape index (κ1) is 17.8. The number of pyridine rings is 1. The Balaban J connectivity index is 1.75. The van der Waals surface area contributed by atoms with Gasteiger partial charge in [0.2, 0.25) is 5.95 Å². The van der Waals surface area contributed by atoms with Crippen molar-refractivity contribution in [2.24, 2.45) is 0 Å². The Hall–Kier alpha value is -2.99. The zero-order chi connectivity index (χ0) is 18.5. The maximum Gasteiger partial charge on any atom is 0.270 e. The molecule has 0 aliphatic rings. The van der Waals surface area contributed by atoms with Gasteiger partial charge in [0.25, 0.3) is 5.91 Å². The third-order valence-electron chi connectivity index (χ3n) is 3.72. The summed E-state index contributed by atoms with van der Waals surface area (Å²) in [7, 11) is 0. The Kier molecular flexibility index (Phi) is 5.43. The molecule has 0 unspecified atom stereocenters. The summed E-state index contributed by atoms with van der Waals surface area (Å²) < 4.78 is 0. The van der Waals surface area contributed by atoms with Gasteiger partial charge in [-0.2, -0.15) is 0 Å². The summed E-state index contributed by atoms with van der Waals surface area (Å²) in [5.74, 6) is 0.104. The van der Waals surface area contributed by atoms with Crippen molar-refractivity contribution in [2.75, 3.05) is 5.32 Å². The maximum atomic E-state index is 12.4. The summed E-state index contributed by atoms with van der Waals surface area (Å²) >= 11 is 5.98. The van der Waals surface area contributed by atoms with Crippen LogP contribution in [0.2, 0.25) is 5.02 Å². The molecule has 0 aliphatic heterocycles. The lowest BCUT2D eigenvalue weighted by molar-refractivity contribution is 0.0945. The zero-order valence-electron chi connectivity index (χ0n) is 14.5. The molecule has 6 nitrogen and oxygen atoms in total. The summed E-state index contributed by atoms with van der Waals surface area (Å²) in [6, 6.07) is 10.8. The van der Waals surface area contributed by atoms with Crippen LogP contribution < -0.4 is 10.6 Å². The van der Waals surface area contributed by atoms with Gasteiger partial charge in [0.15, 0.2) is 0 Å². The molecule has 26 heavy (non-hydrogen) atoms. The summed E-state index contributed by atoms with van der Waals surface area (Å²) in [5.41, 5.74) is 3.77. The van der Waals surface area contributed by atoms with Crippen LogP contribution >= 0.6 is 11.6 Å². The molecule has 1 aromatic carbocycles. The van der Waals surface area contributed by atoms with Crippen molar-refractivity contribution >= 4 is 29.1 Å². The van der Waals surface area contributed by atoms with Gasteiger partial charge in [-0.15, -0.1) is 0 Å². The first-order chi connectivity index (χ1) is 12.5. The minimum absolute atomic E-state index is 0.261. The van der Waals surface area contributed by atoms with Crippen LogP contribution in [0.5, 0.6) is 0 Å². The molecule has 2 heterocycles. The van der Waals surface area contributed by atoms with Gasteiger partial charge < -0.3 is 10.6 Å². The SMILES string of the molecule is Cc1cc(C(=O)NCc2ccncc2)nc(Nc2ccc(Cl)cc2C)n1. The quantitative estimate of drug-likeness (QED) is 0.716. The fourth-order valence-electron chi connectivity index (χ4n) is 2.40. The normalized spacial score (nSPS) is 10.4. The van der Waals surface area contributed by atoms with Gasteiger partial charge in [0.1, 0.15) is 5.69 Å². The van der Waals surface area contributed by atoms with Crippen LogP contribution in [0.15, 0.2) is 48.8 Å². The molecule has 0 bridgehead atoms. The van der Waals surface area contributed by atoms with Gasteiger partial charge in [-0.1, -0.05) is 11.6 Å². The van der Waals surface area contributed by atoms with Crippen LogP contribution in [0.3, 0.4) is 0 Å². The molecule has 0 saturated heterocycles. The second-order valence-electron chi connectivity index (χ2n) is 5.84. The number of carbonyl (C=O) groups is 1. The predicted octanol–water partition coefficient (Wildman–Crippen LogP) is 3.82. The number of carbonyl (C=O) groups excluding carboxylic acids is 1. The van der Waals surface area contributed by atoms with Crippen LogP contribution in [0.1, 0.15) is 27.3 Å². The highest BCUT2D eigenvalue weighted by atomic mass is 35.5. The fourth-order valence-corrected chi connectivity index (χ4v) is 2.63. The minimum atomic E-state index is -0.261. The lowest BCUT2D eigenvalue weighted by Gasteiger charge is -2.11. The largest absolute Gasteiger partial charge is 0.347 e. The Morgan fingerprint density at radius 2 is 1.85 bits per heavy atom. The number of rotatable bonds is 5. The van der Waals surface area contributed by atoms with Crippen LogP contribution in [0.4, 0.5) is 11.6 Å². The lowest BCUT2D eigenvalue weighted by Crippen LogP contribution is -2.24. The summed E-state index contributed by atoms with van der Waals surface area (Å²) in [6.07, 6.45) is 3.37. The first-order valence-corrected chi connectivity index (χ1v) is 8.45. The van der Waals surface area contributed by atoms with E-state index in [0.717, 1.165) is 16.8 Å². The van der Waals surface area contributed by atoms with Gasteiger partial charge in [0, 0.05) is 35.3 Å². The van der Waals surface area contributed by atoms with E-state index in [4.69, 9.17) is 11.6 Å². The molecule has 0 atom stereocenters. The molecule has 3 rings (SSSR count). The number of nitrogens with one attached hydrogen (secondary N) is 2. The number of halogens is 1. The van der Waals surface area contributed by atoms with E-state index in [0.29, 0.717) is 28.9 Å². The molecule has 0 saturated carbocycles. The van der Waals surface area contributed by atoms with E-state index in [2.05, 4.69) is 25.6 Å². The van der Waals surface area contributed by atoms with E-state index in [1.807, 2.05) is 38.1 Å². The number of aromatic nitrogens is 3. The van der Waals surface area contributed by atoms with Crippen molar-refractivity contribution in [3.8, 4) is 0 Å². The minimum Gasteiger partial charge on any atom is -0.347 e. The van der Waals surface area contributed by atoms with E-state index in [-0.39, 0.29) is 5.91 Å². The number of benzene rings is 1. The number of hydrogen-bond donors (Lipinski definition) is 2. The van der Waals surface area contributed by atoms with Crippen LogP contribution in [0.25, 0.3) is 0 Å². The van der Waals surface area contributed by atoms with Gasteiger partial charge in [0.05, 0.1) is 0 Å². The Bertz CT molecular complexity index is 930. The standard InChI is InChI=1S/C19H18ClN5O/c1-12-9-15(20)3-4-16(12)24-19-23-13(2)10-17(25-19)18(26)22-11-14-5-7-21-8-6-14/h3-10H,11H2,1-2H3,(H,22,26)(H,23,24,25). The van der Waals surface area contributed by atoms with E-state index in [1.165, 1.54) is 0 Å². The third kappa shape index (κ3) is 4.55. The van der Waals surface area contributed by atoms with Crippen LogP contribution in [-0.4, -0.2) is 20.9 Å². The summed E-state index contributed by atoms with van der Waals surface area (Å²) in [5, 5.41) is 6.65. The second kappa shape index (κ2) is 7.93. The van der Waals surface area contributed by atoms with Crippen molar-refractivity contribution < 1.29 is 4.79 Å². The van der Waals surface area contributed by atoms with Crippen molar-refractivity contribution in [2.45, 2.75) is 20.4 Å². The van der Waals surface area contributed by atoms with E-state index >= 15 is 0 Å². The average Bonchev–Trinajstić information content (AvgIpc) is 2.62. The second-order valence-corrected chi connectivity index (χ2v) is 6.28. The molecule has 7 heteroatoms. The Morgan fingerprint density at radius 3 is 2.58 bits per heavy atom. The zero-order valence-corrected chi connectivity index (χ0v) is 15.2. The maximum absolute atomic E-state index is 12.4. The van der Waals surface area contributed by atoms with Gasteiger partial charge in [-0.05, 0) is 61.4 Å². The number of anilines is 2. The smallest absolute Gasteiger partial charge is 0.270 e. The van der Waals surface area contributed by atoms with E-state index in [9.17, 15) is 4.79 Å². The fraction of sp³-hybridized carbons (Fsp3) is 0.158. The Morgan fingerprint density at radius 1 is 1.08 bits per heavy atom. The average molecular weight is 368 g/mol. The molecular formula is C19H18ClN5O. The van der Waals surface area contributed by atoms with Crippen molar-refractivity contribution in [1.29, 1.82) is 0 Å². The van der Waals surface area contributed by atoms with Crippen molar-refractivity contribution in [1.82, 2.24) is 20.3 Å². The van der Waals surface area contributed by atoms with Crippen LogP contribution in [0, 0.1) is 13.8 Å². The molecule has 0 radical (unpaired) electrons. The Labute approximate surface area is 156 Å². The first-order valence-electron chi connectivity index (χ1n) is 8.07. The summed E-state index contributed by atoms with van der Waals surface area (Å²) in [6.45, 7) is 4.16. The van der Waals surface area contributed by atoms with Gasteiger partial charge in [-0.25, -0.2) is 9.97 Å². The van der Waals surface area contributed by atoms with Gasteiger partial charge in [-0.3, -0.25) is 9.78 Å².